The molecule has 0 spiro atoms. The van der Waals surface area contributed by atoms with E-state index < -0.39 is 17.5 Å². The number of hydrogen-bond acceptors (Lipinski definition) is 3. The molecule has 1 amide bonds. The first-order valence-corrected chi connectivity index (χ1v) is 5.05. The maximum atomic E-state index is 11.2. The van der Waals surface area contributed by atoms with E-state index in [0.29, 0.717) is 0 Å². The number of carboxylic acids is 1. The van der Waals surface area contributed by atoms with Gasteiger partial charge in [0, 0.05) is 6.04 Å². The lowest BCUT2D eigenvalue weighted by Gasteiger charge is -2.30. The Kier molecular flexibility index (Phi) is 5.56. The van der Waals surface area contributed by atoms with Crippen LogP contribution in [0.2, 0.25) is 0 Å². The average Bonchev–Trinajstić information content (AvgIpc) is 2.12. The van der Waals surface area contributed by atoms with Crippen LogP contribution in [0.4, 0.5) is 4.79 Å². The van der Waals surface area contributed by atoms with Crippen LogP contribution in [0.3, 0.4) is 0 Å². The summed E-state index contributed by atoms with van der Waals surface area (Å²) >= 11 is 0. The Morgan fingerprint density at radius 3 is 2.56 bits per heavy atom. The van der Waals surface area contributed by atoms with E-state index >= 15 is 0 Å². The third-order valence-electron chi connectivity index (χ3n) is 2.45. The quantitative estimate of drug-likeness (QED) is 0.681. The van der Waals surface area contributed by atoms with E-state index in [0.717, 1.165) is 0 Å². The van der Waals surface area contributed by atoms with Crippen molar-refractivity contribution >= 4 is 12.1 Å². The smallest absolute Gasteiger partial charge is 0.407 e. The Hall–Kier alpha value is -1.52. The highest BCUT2D eigenvalue weighted by Crippen LogP contribution is 2.24. The molecule has 0 aliphatic heterocycles. The lowest BCUT2D eigenvalue weighted by atomic mass is 9.82. The fraction of sp³-hybridized carbons (Fsp3) is 0.636. The van der Waals surface area contributed by atoms with Gasteiger partial charge in [-0.3, -0.25) is 4.79 Å². The SMILES string of the molecule is C=CCOC(=O)NC(C)C(C)(C)CC(=O)O. The second-order valence-corrected chi connectivity index (χ2v) is 4.31. The van der Waals surface area contributed by atoms with Gasteiger partial charge in [0.05, 0.1) is 6.42 Å². The summed E-state index contributed by atoms with van der Waals surface area (Å²) in [6, 6.07) is -0.291. The highest BCUT2D eigenvalue weighted by atomic mass is 16.5. The highest BCUT2D eigenvalue weighted by molar-refractivity contribution is 5.69. The molecule has 0 saturated carbocycles. The summed E-state index contributed by atoms with van der Waals surface area (Å²) in [4.78, 5) is 21.8. The van der Waals surface area contributed by atoms with Crippen LogP contribution in [0, 0.1) is 5.41 Å². The van der Waals surface area contributed by atoms with Crippen LogP contribution in [-0.4, -0.2) is 29.8 Å². The number of aliphatic carboxylic acids is 1. The zero-order valence-electron chi connectivity index (χ0n) is 9.95. The van der Waals surface area contributed by atoms with Crippen molar-refractivity contribution < 1.29 is 19.4 Å². The van der Waals surface area contributed by atoms with Crippen molar-refractivity contribution in [2.75, 3.05) is 6.61 Å². The molecule has 0 aromatic heterocycles. The minimum absolute atomic E-state index is 0.0180. The highest BCUT2D eigenvalue weighted by Gasteiger charge is 2.30. The van der Waals surface area contributed by atoms with Gasteiger partial charge in [-0.1, -0.05) is 26.5 Å². The first-order chi connectivity index (χ1) is 7.29. The van der Waals surface area contributed by atoms with E-state index in [1.807, 2.05) is 0 Å². The van der Waals surface area contributed by atoms with Gasteiger partial charge < -0.3 is 15.2 Å². The Bertz CT molecular complexity index is 273. The van der Waals surface area contributed by atoms with Crippen LogP contribution in [0.1, 0.15) is 27.2 Å². The lowest BCUT2D eigenvalue weighted by Crippen LogP contribution is -2.44. The van der Waals surface area contributed by atoms with E-state index in [9.17, 15) is 9.59 Å². The number of carbonyl (C=O) groups is 2. The molecule has 0 aromatic carbocycles. The van der Waals surface area contributed by atoms with Crippen molar-refractivity contribution in [2.24, 2.45) is 5.41 Å². The molecular weight excluding hydrogens is 210 g/mol. The van der Waals surface area contributed by atoms with Gasteiger partial charge in [0.25, 0.3) is 0 Å². The van der Waals surface area contributed by atoms with Crippen molar-refractivity contribution in [1.29, 1.82) is 0 Å². The van der Waals surface area contributed by atoms with E-state index in [4.69, 9.17) is 9.84 Å². The van der Waals surface area contributed by atoms with Crippen LogP contribution >= 0.6 is 0 Å². The maximum absolute atomic E-state index is 11.2. The normalized spacial score (nSPS) is 12.7. The molecule has 0 rings (SSSR count). The number of carboxylic acid groups (broad SMARTS) is 1. The monoisotopic (exact) mass is 229 g/mol. The zero-order chi connectivity index (χ0) is 12.8. The molecule has 0 bridgehead atoms. The summed E-state index contributed by atoms with van der Waals surface area (Å²) in [5, 5.41) is 11.3. The topological polar surface area (TPSA) is 75.6 Å². The minimum atomic E-state index is -0.891. The third kappa shape index (κ3) is 5.38. The molecular formula is C11H19NO4. The first-order valence-electron chi connectivity index (χ1n) is 5.05. The van der Waals surface area contributed by atoms with E-state index in [1.54, 1.807) is 20.8 Å². The van der Waals surface area contributed by atoms with Gasteiger partial charge >= 0.3 is 12.1 Å². The van der Waals surface area contributed by atoms with Crippen LogP contribution in [0.15, 0.2) is 12.7 Å². The van der Waals surface area contributed by atoms with Crippen molar-refractivity contribution in [3.05, 3.63) is 12.7 Å². The van der Waals surface area contributed by atoms with Crippen LogP contribution < -0.4 is 5.32 Å². The van der Waals surface area contributed by atoms with Crippen molar-refractivity contribution in [3.63, 3.8) is 0 Å². The van der Waals surface area contributed by atoms with Gasteiger partial charge in [-0.25, -0.2) is 4.79 Å². The molecule has 0 saturated heterocycles. The Morgan fingerprint density at radius 1 is 1.56 bits per heavy atom. The largest absolute Gasteiger partial charge is 0.481 e. The van der Waals surface area contributed by atoms with Gasteiger partial charge in [0.1, 0.15) is 6.61 Å². The van der Waals surface area contributed by atoms with Gasteiger partial charge in [0.15, 0.2) is 0 Å². The van der Waals surface area contributed by atoms with Gasteiger partial charge in [-0.2, -0.15) is 0 Å². The van der Waals surface area contributed by atoms with E-state index in [2.05, 4.69) is 11.9 Å². The molecule has 16 heavy (non-hydrogen) atoms. The Labute approximate surface area is 95.5 Å². The fourth-order valence-electron chi connectivity index (χ4n) is 1.09. The summed E-state index contributed by atoms with van der Waals surface area (Å²) in [5.74, 6) is -0.891. The van der Waals surface area contributed by atoms with Crippen molar-refractivity contribution in [1.82, 2.24) is 5.32 Å². The molecule has 0 aliphatic carbocycles. The minimum Gasteiger partial charge on any atom is -0.481 e. The van der Waals surface area contributed by atoms with Crippen LogP contribution in [0.5, 0.6) is 0 Å². The molecule has 0 aliphatic rings. The molecule has 0 heterocycles. The Morgan fingerprint density at radius 2 is 2.12 bits per heavy atom. The number of carbonyl (C=O) groups excluding carboxylic acids is 1. The van der Waals surface area contributed by atoms with Gasteiger partial charge in [0.2, 0.25) is 0 Å². The van der Waals surface area contributed by atoms with Gasteiger partial charge in [-0.15, -0.1) is 0 Å². The molecule has 92 valence electrons. The lowest BCUT2D eigenvalue weighted by molar-refractivity contribution is -0.139. The molecule has 5 nitrogen and oxygen atoms in total. The number of nitrogens with one attached hydrogen (secondary N) is 1. The summed E-state index contributed by atoms with van der Waals surface area (Å²) in [6.07, 6.45) is 0.883. The van der Waals surface area contributed by atoms with E-state index in [1.165, 1.54) is 6.08 Å². The number of rotatable bonds is 6. The number of alkyl carbamates (subject to hydrolysis) is 1. The van der Waals surface area contributed by atoms with Gasteiger partial charge in [-0.05, 0) is 12.3 Å². The molecule has 1 unspecified atom stereocenters. The molecule has 5 heteroatoms. The predicted molar refractivity (Wildman–Crippen MR) is 60.2 cm³/mol. The first kappa shape index (κ1) is 14.5. The molecule has 0 aromatic rings. The average molecular weight is 229 g/mol. The molecule has 0 fully saturated rings. The summed E-state index contributed by atoms with van der Waals surface area (Å²) in [7, 11) is 0. The molecule has 0 radical (unpaired) electrons. The second-order valence-electron chi connectivity index (χ2n) is 4.31. The van der Waals surface area contributed by atoms with Crippen molar-refractivity contribution in [3.8, 4) is 0 Å². The zero-order valence-corrected chi connectivity index (χ0v) is 9.95. The summed E-state index contributed by atoms with van der Waals surface area (Å²) in [6.45, 7) is 8.86. The molecule has 1 atom stereocenters. The third-order valence-corrected chi connectivity index (χ3v) is 2.45. The number of amides is 1. The van der Waals surface area contributed by atoms with E-state index in [-0.39, 0.29) is 19.1 Å². The standard InChI is InChI=1S/C11H19NO4/c1-5-6-16-10(15)12-8(2)11(3,4)7-9(13)14/h5,8H,1,6-7H2,2-4H3,(H,12,15)(H,13,14). The second kappa shape index (κ2) is 6.15. The predicted octanol–water partition coefficient (Wildman–Crippen LogP) is 1.79. The fourth-order valence-corrected chi connectivity index (χ4v) is 1.09. The summed E-state index contributed by atoms with van der Waals surface area (Å²) < 4.78 is 4.75. The summed E-state index contributed by atoms with van der Waals surface area (Å²) in [5.41, 5.74) is -0.529. The number of hydrogen-bond donors (Lipinski definition) is 2. The van der Waals surface area contributed by atoms with Crippen LogP contribution in [0.25, 0.3) is 0 Å². The number of ether oxygens (including phenoxy) is 1. The molecule has 2 N–H and O–H groups in total. The maximum Gasteiger partial charge on any atom is 0.407 e. The van der Waals surface area contributed by atoms with Crippen molar-refractivity contribution in [2.45, 2.75) is 33.2 Å². The Balaban J connectivity index is 4.21. The van der Waals surface area contributed by atoms with Crippen LogP contribution in [-0.2, 0) is 9.53 Å².